The molecule has 1 N–H and O–H groups in total. The van der Waals surface area contributed by atoms with Crippen LogP contribution in [0.4, 0.5) is 5.69 Å². The lowest BCUT2D eigenvalue weighted by atomic mass is 10.0. The molecule has 0 unspecified atom stereocenters. The summed E-state index contributed by atoms with van der Waals surface area (Å²) in [6, 6.07) is 8.08. The molecule has 0 saturated heterocycles. The third-order valence-corrected chi connectivity index (χ3v) is 2.78. The van der Waals surface area contributed by atoms with Gasteiger partial charge in [0.15, 0.2) is 0 Å². The Labute approximate surface area is 115 Å². The van der Waals surface area contributed by atoms with Crippen molar-refractivity contribution in [3.8, 4) is 0 Å². The summed E-state index contributed by atoms with van der Waals surface area (Å²) >= 11 is 0. The third kappa shape index (κ3) is 5.60. The van der Waals surface area contributed by atoms with Gasteiger partial charge >= 0.3 is 5.97 Å². The van der Waals surface area contributed by atoms with E-state index < -0.39 is 0 Å². The summed E-state index contributed by atoms with van der Waals surface area (Å²) in [5.74, 6) is 0.136. The highest BCUT2D eigenvalue weighted by Gasteiger charge is 2.03. The van der Waals surface area contributed by atoms with E-state index in [-0.39, 0.29) is 5.97 Å². The zero-order valence-corrected chi connectivity index (χ0v) is 12.0. The van der Waals surface area contributed by atoms with Crippen molar-refractivity contribution in [3.63, 3.8) is 0 Å². The van der Waals surface area contributed by atoms with E-state index >= 15 is 0 Å². The molecular formula is C16H23NO2. The number of unbranched alkanes of at least 4 members (excludes halogenated alkanes) is 1. The second-order valence-corrected chi connectivity index (χ2v) is 4.74. The fourth-order valence-electron chi connectivity index (χ4n) is 1.70. The molecule has 0 radical (unpaired) electrons. The Morgan fingerprint density at radius 2 is 2.11 bits per heavy atom. The standard InChI is InChI=1S/C16H23NO2/c1-4-5-12-19-16(18)10-11-17-15-9-7-6-8-14(15)13(2)3/h6-11,13,17H,4-5,12H2,1-3H3/b11-10+. The molecule has 0 heterocycles. The van der Waals surface area contributed by atoms with Gasteiger partial charge in [-0.1, -0.05) is 45.4 Å². The molecule has 0 fully saturated rings. The summed E-state index contributed by atoms with van der Waals surface area (Å²) < 4.78 is 5.03. The van der Waals surface area contributed by atoms with Crippen LogP contribution in [-0.4, -0.2) is 12.6 Å². The molecule has 1 rings (SSSR count). The van der Waals surface area contributed by atoms with Gasteiger partial charge in [-0.2, -0.15) is 0 Å². The molecule has 0 aliphatic heterocycles. The van der Waals surface area contributed by atoms with Crippen LogP contribution in [0.15, 0.2) is 36.5 Å². The lowest BCUT2D eigenvalue weighted by Gasteiger charge is -2.11. The van der Waals surface area contributed by atoms with Crippen LogP contribution in [-0.2, 0) is 9.53 Å². The maximum atomic E-state index is 11.4. The zero-order chi connectivity index (χ0) is 14.1. The van der Waals surface area contributed by atoms with Crippen molar-refractivity contribution in [2.45, 2.75) is 39.5 Å². The number of carbonyl (C=O) groups is 1. The van der Waals surface area contributed by atoms with Crippen molar-refractivity contribution < 1.29 is 9.53 Å². The van der Waals surface area contributed by atoms with Crippen LogP contribution in [0.3, 0.4) is 0 Å². The van der Waals surface area contributed by atoms with Crippen molar-refractivity contribution in [2.24, 2.45) is 0 Å². The van der Waals surface area contributed by atoms with Gasteiger partial charge < -0.3 is 10.1 Å². The van der Waals surface area contributed by atoms with Gasteiger partial charge in [-0.25, -0.2) is 4.79 Å². The average Bonchev–Trinajstić information content (AvgIpc) is 2.39. The molecule has 0 atom stereocenters. The minimum absolute atomic E-state index is 0.303. The van der Waals surface area contributed by atoms with E-state index in [2.05, 4.69) is 32.2 Å². The first-order chi connectivity index (χ1) is 9.15. The molecule has 0 aromatic heterocycles. The van der Waals surface area contributed by atoms with Gasteiger partial charge in [-0.3, -0.25) is 0 Å². The molecule has 104 valence electrons. The first kappa shape index (κ1) is 15.3. The number of rotatable bonds is 7. The summed E-state index contributed by atoms with van der Waals surface area (Å²) in [5, 5.41) is 3.13. The first-order valence-corrected chi connectivity index (χ1v) is 6.84. The molecule has 1 aromatic rings. The summed E-state index contributed by atoms with van der Waals surface area (Å²) in [4.78, 5) is 11.4. The van der Waals surface area contributed by atoms with Crippen LogP contribution in [0.5, 0.6) is 0 Å². The molecular weight excluding hydrogens is 238 g/mol. The first-order valence-electron chi connectivity index (χ1n) is 6.84. The highest BCUT2D eigenvalue weighted by molar-refractivity contribution is 5.82. The lowest BCUT2D eigenvalue weighted by Crippen LogP contribution is -2.03. The number of hydrogen-bond donors (Lipinski definition) is 1. The fourth-order valence-corrected chi connectivity index (χ4v) is 1.70. The smallest absolute Gasteiger partial charge is 0.332 e. The normalized spacial score (nSPS) is 10.9. The highest BCUT2D eigenvalue weighted by atomic mass is 16.5. The Kier molecular flexibility index (Phi) is 6.72. The number of para-hydroxylation sites is 1. The van der Waals surface area contributed by atoms with E-state index in [0.717, 1.165) is 18.5 Å². The largest absolute Gasteiger partial charge is 0.462 e. The number of esters is 1. The van der Waals surface area contributed by atoms with Crippen LogP contribution < -0.4 is 5.32 Å². The Hall–Kier alpha value is -1.77. The Morgan fingerprint density at radius 1 is 1.37 bits per heavy atom. The van der Waals surface area contributed by atoms with E-state index in [1.165, 1.54) is 11.6 Å². The quantitative estimate of drug-likeness (QED) is 0.456. The maximum Gasteiger partial charge on any atom is 0.332 e. The number of carbonyl (C=O) groups excluding carboxylic acids is 1. The Bertz CT molecular complexity index is 425. The fraction of sp³-hybridized carbons (Fsp3) is 0.438. The van der Waals surface area contributed by atoms with Crippen molar-refractivity contribution >= 4 is 11.7 Å². The van der Waals surface area contributed by atoms with Crippen LogP contribution in [0.25, 0.3) is 0 Å². The SMILES string of the molecule is CCCCOC(=O)/C=C/Nc1ccccc1C(C)C. The second-order valence-electron chi connectivity index (χ2n) is 4.74. The number of ether oxygens (including phenoxy) is 1. The molecule has 0 aliphatic rings. The predicted molar refractivity (Wildman–Crippen MR) is 79.2 cm³/mol. The van der Waals surface area contributed by atoms with Gasteiger partial charge in [0.05, 0.1) is 6.61 Å². The van der Waals surface area contributed by atoms with Gasteiger partial charge in [0.2, 0.25) is 0 Å². The van der Waals surface area contributed by atoms with E-state index in [0.29, 0.717) is 12.5 Å². The van der Waals surface area contributed by atoms with Gasteiger partial charge in [-0.15, -0.1) is 0 Å². The third-order valence-electron chi connectivity index (χ3n) is 2.78. The molecule has 0 amide bonds. The maximum absolute atomic E-state index is 11.4. The number of hydrogen-bond acceptors (Lipinski definition) is 3. The van der Waals surface area contributed by atoms with Gasteiger partial charge in [0, 0.05) is 18.0 Å². The van der Waals surface area contributed by atoms with Crippen molar-refractivity contribution in [2.75, 3.05) is 11.9 Å². The molecule has 0 spiro atoms. The lowest BCUT2D eigenvalue weighted by molar-refractivity contribution is -0.137. The number of anilines is 1. The van der Waals surface area contributed by atoms with E-state index in [1.54, 1.807) is 6.20 Å². The highest BCUT2D eigenvalue weighted by Crippen LogP contribution is 2.23. The predicted octanol–water partition coefficient (Wildman–Crippen LogP) is 4.08. The van der Waals surface area contributed by atoms with Gasteiger partial charge in [-0.05, 0) is 24.0 Å². The van der Waals surface area contributed by atoms with E-state index in [9.17, 15) is 4.79 Å². The second kappa shape index (κ2) is 8.35. The summed E-state index contributed by atoms with van der Waals surface area (Å²) in [6.07, 6.45) is 4.99. The monoisotopic (exact) mass is 261 g/mol. The topological polar surface area (TPSA) is 38.3 Å². The van der Waals surface area contributed by atoms with Crippen molar-refractivity contribution in [1.29, 1.82) is 0 Å². The van der Waals surface area contributed by atoms with Gasteiger partial charge in [0.1, 0.15) is 0 Å². The molecule has 1 aromatic carbocycles. The number of nitrogens with one attached hydrogen (secondary N) is 1. The van der Waals surface area contributed by atoms with Crippen molar-refractivity contribution in [3.05, 3.63) is 42.1 Å². The zero-order valence-electron chi connectivity index (χ0n) is 12.0. The van der Waals surface area contributed by atoms with Crippen molar-refractivity contribution in [1.82, 2.24) is 0 Å². The van der Waals surface area contributed by atoms with Gasteiger partial charge in [0.25, 0.3) is 0 Å². The molecule has 0 saturated carbocycles. The Balaban J connectivity index is 2.50. The summed E-state index contributed by atoms with van der Waals surface area (Å²) in [5.41, 5.74) is 2.25. The minimum atomic E-state index is -0.303. The minimum Gasteiger partial charge on any atom is -0.462 e. The molecule has 19 heavy (non-hydrogen) atoms. The molecule has 0 aliphatic carbocycles. The van der Waals surface area contributed by atoms with E-state index in [1.807, 2.05) is 18.2 Å². The van der Waals surface area contributed by atoms with Crippen LogP contribution in [0.1, 0.15) is 45.1 Å². The average molecular weight is 261 g/mol. The van der Waals surface area contributed by atoms with Crippen LogP contribution in [0, 0.1) is 0 Å². The summed E-state index contributed by atoms with van der Waals surface area (Å²) in [7, 11) is 0. The number of benzene rings is 1. The molecule has 0 bridgehead atoms. The Morgan fingerprint density at radius 3 is 2.79 bits per heavy atom. The molecule has 3 nitrogen and oxygen atoms in total. The summed E-state index contributed by atoms with van der Waals surface area (Å²) in [6.45, 7) is 6.84. The van der Waals surface area contributed by atoms with Crippen LogP contribution in [0.2, 0.25) is 0 Å². The molecule has 3 heteroatoms. The van der Waals surface area contributed by atoms with E-state index in [4.69, 9.17) is 4.74 Å². The van der Waals surface area contributed by atoms with Crippen LogP contribution >= 0.6 is 0 Å².